The van der Waals surface area contributed by atoms with E-state index in [1.165, 1.54) is 5.52 Å². The predicted octanol–water partition coefficient (Wildman–Crippen LogP) is 4.02. The number of hydrogen-bond donors (Lipinski definition) is 2. The number of aromatic nitrogens is 2. The lowest BCUT2D eigenvalue weighted by molar-refractivity contribution is 0.476. The predicted molar refractivity (Wildman–Crippen MR) is 116 cm³/mol. The second-order valence-electron chi connectivity index (χ2n) is 6.18. The van der Waals surface area contributed by atoms with Crippen LogP contribution in [0.5, 0.6) is 5.75 Å². The number of benzene rings is 1. The van der Waals surface area contributed by atoms with E-state index in [4.69, 9.17) is 4.98 Å². The Kier molecular flexibility index (Phi) is 8.00. The molecule has 2 aromatic heterocycles. The molecule has 5 nitrogen and oxygen atoms in total. The van der Waals surface area contributed by atoms with Gasteiger partial charge >= 0.3 is 0 Å². The number of halogens is 2. The second kappa shape index (κ2) is 9.31. The summed E-state index contributed by atoms with van der Waals surface area (Å²) >= 11 is 0. The van der Waals surface area contributed by atoms with Crippen LogP contribution in [0.4, 0.5) is 5.82 Å². The summed E-state index contributed by atoms with van der Waals surface area (Å²) < 4.78 is 2.20. The molecule has 2 heterocycles. The number of pyridine rings is 1. The van der Waals surface area contributed by atoms with E-state index in [9.17, 15) is 5.11 Å². The smallest absolute Gasteiger partial charge is 0.138 e. The Bertz CT molecular complexity index is 879. The molecule has 0 atom stereocenters. The molecule has 0 saturated carbocycles. The topological polar surface area (TPSA) is 53.3 Å². The highest BCUT2D eigenvalue weighted by molar-refractivity contribution is 6.14. The Hall–Kier alpha value is -1.69. The molecule has 0 radical (unpaired) electrons. The number of fused-ring (bicyclic) bond motifs is 3. The summed E-state index contributed by atoms with van der Waals surface area (Å²) in [5, 5.41) is 15.5. The van der Waals surface area contributed by atoms with Crippen LogP contribution >= 0.6 is 24.8 Å². The van der Waals surface area contributed by atoms with Crippen LogP contribution in [0.2, 0.25) is 0 Å². The minimum absolute atomic E-state index is 0. The van der Waals surface area contributed by atoms with E-state index in [0.29, 0.717) is 0 Å². The zero-order valence-electron chi connectivity index (χ0n) is 15.7. The lowest BCUT2D eigenvalue weighted by atomic mass is 10.1. The van der Waals surface area contributed by atoms with Gasteiger partial charge in [0.15, 0.2) is 0 Å². The molecule has 0 aliphatic heterocycles. The van der Waals surface area contributed by atoms with Crippen LogP contribution in [-0.4, -0.2) is 40.8 Å². The number of hydrogen-bond acceptors (Lipinski definition) is 4. The van der Waals surface area contributed by atoms with Gasteiger partial charge in [0.2, 0.25) is 0 Å². The molecule has 2 N–H and O–H groups in total. The number of aryl methyl sites for hydroxylation is 2. The van der Waals surface area contributed by atoms with Crippen molar-refractivity contribution in [3.63, 3.8) is 0 Å². The van der Waals surface area contributed by atoms with Gasteiger partial charge in [0.25, 0.3) is 0 Å². The number of phenols is 1. The molecular weight excluding hydrogens is 371 g/mol. The molecule has 0 aliphatic carbocycles. The maximum absolute atomic E-state index is 9.98. The van der Waals surface area contributed by atoms with Crippen molar-refractivity contribution in [1.29, 1.82) is 0 Å². The van der Waals surface area contributed by atoms with Crippen molar-refractivity contribution in [1.82, 2.24) is 14.9 Å². The van der Waals surface area contributed by atoms with E-state index >= 15 is 0 Å². The van der Waals surface area contributed by atoms with E-state index < -0.39 is 0 Å². The molecule has 0 bridgehead atoms. The maximum Gasteiger partial charge on any atom is 0.138 e. The highest BCUT2D eigenvalue weighted by atomic mass is 35.5. The third-order valence-electron chi connectivity index (χ3n) is 4.65. The van der Waals surface area contributed by atoms with Crippen LogP contribution in [0.1, 0.15) is 19.4 Å². The fraction of sp³-hybridized carbons (Fsp3) is 0.421. The number of phenolic OH excluding ortho intramolecular Hbond substituents is 1. The van der Waals surface area contributed by atoms with Crippen molar-refractivity contribution >= 4 is 52.4 Å². The van der Waals surface area contributed by atoms with Gasteiger partial charge in [-0.05, 0) is 44.2 Å². The lowest BCUT2D eigenvalue weighted by Gasteiger charge is -2.23. The molecule has 7 heteroatoms. The number of rotatable bonds is 6. The van der Waals surface area contributed by atoms with Gasteiger partial charge in [0, 0.05) is 43.8 Å². The number of anilines is 1. The normalized spacial score (nSPS) is 10.6. The first-order valence-electron chi connectivity index (χ1n) is 8.60. The highest BCUT2D eigenvalue weighted by Crippen LogP contribution is 2.37. The zero-order valence-corrected chi connectivity index (χ0v) is 17.4. The summed E-state index contributed by atoms with van der Waals surface area (Å²) in [4.78, 5) is 7.05. The maximum atomic E-state index is 9.98. The van der Waals surface area contributed by atoms with Gasteiger partial charge in [-0.1, -0.05) is 6.92 Å². The van der Waals surface area contributed by atoms with Crippen molar-refractivity contribution in [3.8, 4) is 5.75 Å². The van der Waals surface area contributed by atoms with Crippen molar-refractivity contribution in [2.75, 3.05) is 31.1 Å². The third-order valence-corrected chi connectivity index (χ3v) is 4.65. The Morgan fingerprint density at radius 3 is 2.62 bits per heavy atom. The van der Waals surface area contributed by atoms with Gasteiger partial charge in [-0.15, -0.1) is 24.8 Å². The van der Waals surface area contributed by atoms with Gasteiger partial charge in [0.1, 0.15) is 11.6 Å². The first-order valence-corrected chi connectivity index (χ1v) is 8.60. The third kappa shape index (κ3) is 3.85. The number of nitrogens with zero attached hydrogens (tertiary/aromatic N) is 3. The first kappa shape index (κ1) is 22.4. The van der Waals surface area contributed by atoms with Crippen molar-refractivity contribution < 1.29 is 5.11 Å². The van der Waals surface area contributed by atoms with Crippen LogP contribution in [0.3, 0.4) is 0 Å². The quantitative estimate of drug-likeness (QED) is 0.615. The molecule has 3 rings (SSSR count). The fourth-order valence-electron chi connectivity index (χ4n) is 3.45. The van der Waals surface area contributed by atoms with Gasteiger partial charge in [-0.2, -0.15) is 0 Å². The molecular formula is C19H28Cl2N4O. The van der Waals surface area contributed by atoms with Crippen LogP contribution < -0.4 is 10.2 Å². The second-order valence-corrected chi connectivity index (χ2v) is 6.18. The van der Waals surface area contributed by atoms with Crippen molar-refractivity contribution in [2.24, 2.45) is 7.05 Å². The molecule has 0 unspecified atom stereocenters. The van der Waals surface area contributed by atoms with Crippen LogP contribution in [0.25, 0.3) is 21.8 Å². The highest BCUT2D eigenvalue weighted by Gasteiger charge is 2.18. The summed E-state index contributed by atoms with van der Waals surface area (Å²) in [6.45, 7) is 10.1. The van der Waals surface area contributed by atoms with Crippen molar-refractivity contribution in [2.45, 2.75) is 20.8 Å². The Labute approximate surface area is 167 Å². The fourth-order valence-corrected chi connectivity index (χ4v) is 3.45. The summed E-state index contributed by atoms with van der Waals surface area (Å²) in [5.74, 6) is 1.28. The molecule has 0 spiro atoms. The molecule has 0 amide bonds. The summed E-state index contributed by atoms with van der Waals surface area (Å²) in [5.41, 5.74) is 3.44. The standard InChI is InChI=1S/C19H26N4O.2ClH/c1-5-20-9-10-23(6-2)19-17-15-11-14(24)7-8-16(15)22(4)18(17)13(3)12-21-19;;/h7-8,11-12,20,24H,5-6,9-10H2,1-4H3;2*1H. The van der Waals surface area contributed by atoms with E-state index in [-0.39, 0.29) is 30.6 Å². The molecule has 0 fully saturated rings. The Balaban J connectivity index is 0.00000169. The monoisotopic (exact) mass is 398 g/mol. The minimum Gasteiger partial charge on any atom is -0.508 e. The summed E-state index contributed by atoms with van der Waals surface area (Å²) in [6.07, 6.45) is 1.95. The lowest BCUT2D eigenvalue weighted by Crippen LogP contribution is -2.32. The first-order chi connectivity index (χ1) is 11.6. The average Bonchev–Trinajstić information content (AvgIpc) is 2.86. The van der Waals surface area contributed by atoms with Gasteiger partial charge < -0.3 is 19.9 Å². The number of aromatic hydroxyl groups is 1. The van der Waals surface area contributed by atoms with Gasteiger partial charge in [-0.25, -0.2) is 4.98 Å². The van der Waals surface area contributed by atoms with Crippen LogP contribution in [0, 0.1) is 6.92 Å². The molecule has 3 aromatic rings. The molecule has 0 aliphatic rings. The summed E-state index contributed by atoms with van der Waals surface area (Å²) in [6, 6.07) is 5.57. The minimum atomic E-state index is 0. The Morgan fingerprint density at radius 1 is 1.23 bits per heavy atom. The van der Waals surface area contributed by atoms with Crippen molar-refractivity contribution in [3.05, 3.63) is 30.0 Å². The SMILES string of the molecule is CCNCCN(CC)c1ncc(C)c2c1c1cc(O)ccc1n2C.Cl.Cl. The van der Waals surface area contributed by atoms with E-state index in [1.807, 2.05) is 18.3 Å². The summed E-state index contributed by atoms with van der Waals surface area (Å²) in [7, 11) is 2.08. The number of likely N-dealkylation sites (N-methyl/N-ethyl adjacent to an activating group) is 2. The molecule has 26 heavy (non-hydrogen) atoms. The van der Waals surface area contributed by atoms with Gasteiger partial charge in [0.05, 0.1) is 10.9 Å². The van der Waals surface area contributed by atoms with Gasteiger partial charge in [-0.3, -0.25) is 0 Å². The number of nitrogens with one attached hydrogen (secondary N) is 1. The van der Waals surface area contributed by atoms with Crippen LogP contribution in [-0.2, 0) is 7.05 Å². The Morgan fingerprint density at radius 2 is 1.96 bits per heavy atom. The molecule has 0 saturated heterocycles. The van der Waals surface area contributed by atoms with E-state index in [1.54, 1.807) is 6.07 Å². The average molecular weight is 399 g/mol. The largest absolute Gasteiger partial charge is 0.508 e. The molecule has 1 aromatic carbocycles. The zero-order chi connectivity index (χ0) is 17.3. The van der Waals surface area contributed by atoms with E-state index in [2.05, 4.69) is 42.6 Å². The molecule has 144 valence electrons. The van der Waals surface area contributed by atoms with E-state index in [0.717, 1.165) is 53.8 Å². The van der Waals surface area contributed by atoms with Crippen LogP contribution in [0.15, 0.2) is 24.4 Å².